The largest absolute Gasteiger partial charge is 0.477 e. The summed E-state index contributed by atoms with van der Waals surface area (Å²) < 4.78 is 5.82. The fraction of sp³-hybridized carbons (Fsp3) is 0.565. The molecule has 1 saturated heterocycles. The first kappa shape index (κ1) is 21.3. The normalized spacial score (nSPS) is 25.0. The number of nitrogens with zero attached hydrogens (tertiary/aromatic N) is 2. The van der Waals surface area contributed by atoms with E-state index in [1.807, 2.05) is 6.92 Å². The van der Waals surface area contributed by atoms with Gasteiger partial charge in [0.2, 0.25) is 17.7 Å². The lowest BCUT2D eigenvalue weighted by Crippen LogP contribution is -2.51. The number of para-hydroxylation sites is 2. The van der Waals surface area contributed by atoms with Gasteiger partial charge in [-0.2, -0.15) is 0 Å². The van der Waals surface area contributed by atoms with Gasteiger partial charge in [-0.15, -0.1) is 0 Å². The number of fused-ring (bicyclic) bond motifs is 2. The van der Waals surface area contributed by atoms with Crippen LogP contribution in [0.2, 0.25) is 0 Å². The summed E-state index contributed by atoms with van der Waals surface area (Å²) in [6, 6.07) is 7.09. The first-order chi connectivity index (χ1) is 15.0. The number of anilines is 1. The van der Waals surface area contributed by atoms with Crippen molar-refractivity contribution in [3.8, 4) is 5.75 Å². The Morgan fingerprint density at radius 1 is 1.10 bits per heavy atom. The second-order valence-electron chi connectivity index (χ2n) is 8.45. The van der Waals surface area contributed by atoms with Crippen molar-refractivity contribution in [2.24, 2.45) is 11.8 Å². The molecule has 8 heteroatoms. The van der Waals surface area contributed by atoms with Crippen molar-refractivity contribution in [2.45, 2.75) is 51.6 Å². The Hall–Kier alpha value is -2.90. The third-order valence-corrected chi connectivity index (χ3v) is 6.40. The second-order valence-corrected chi connectivity index (χ2v) is 8.45. The Morgan fingerprint density at radius 3 is 2.45 bits per heavy atom. The zero-order valence-corrected chi connectivity index (χ0v) is 17.8. The van der Waals surface area contributed by atoms with E-state index in [0.29, 0.717) is 18.0 Å². The van der Waals surface area contributed by atoms with Gasteiger partial charge in [0.25, 0.3) is 5.91 Å². The molecular formula is C23H29N3O5. The fourth-order valence-corrected chi connectivity index (χ4v) is 4.76. The standard InChI is InChI=1S/C23H29N3O5/c1-2-12-24-21(28)19-14-26(17-9-5-6-10-18(17)31-19)20(27)11-13-25-22(29)15-7-3-4-8-16(15)23(25)30/h5-6,9-10,15-16,19H,2-4,7-8,11-14H2,1H3,(H,24,28)/t15-,16-,19+/m0/s1. The highest BCUT2D eigenvalue weighted by Crippen LogP contribution is 2.38. The average molecular weight is 428 g/mol. The zero-order chi connectivity index (χ0) is 22.0. The highest BCUT2D eigenvalue weighted by Gasteiger charge is 2.48. The summed E-state index contributed by atoms with van der Waals surface area (Å²) in [6.07, 6.45) is 3.48. The molecule has 4 rings (SSSR count). The van der Waals surface area contributed by atoms with E-state index in [0.717, 1.165) is 32.1 Å². The lowest BCUT2D eigenvalue weighted by Gasteiger charge is -2.34. The summed E-state index contributed by atoms with van der Waals surface area (Å²) in [4.78, 5) is 53.8. The molecule has 0 aromatic heterocycles. The summed E-state index contributed by atoms with van der Waals surface area (Å²) >= 11 is 0. The summed E-state index contributed by atoms with van der Waals surface area (Å²) in [5.41, 5.74) is 0.597. The van der Waals surface area contributed by atoms with Crippen molar-refractivity contribution in [3.63, 3.8) is 0 Å². The van der Waals surface area contributed by atoms with E-state index in [9.17, 15) is 19.2 Å². The molecular weight excluding hydrogens is 398 g/mol. The van der Waals surface area contributed by atoms with E-state index in [2.05, 4.69) is 5.32 Å². The summed E-state index contributed by atoms with van der Waals surface area (Å²) in [5, 5.41) is 2.81. The molecule has 1 N–H and O–H groups in total. The van der Waals surface area contributed by atoms with Crippen LogP contribution in [-0.4, -0.2) is 54.3 Å². The van der Waals surface area contributed by atoms with E-state index in [1.165, 1.54) is 9.80 Å². The number of hydrogen-bond donors (Lipinski definition) is 1. The number of rotatable bonds is 6. The third kappa shape index (κ3) is 4.16. The number of amides is 4. The number of hydrogen-bond acceptors (Lipinski definition) is 5. The van der Waals surface area contributed by atoms with Gasteiger partial charge in [0.15, 0.2) is 6.10 Å². The van der Waals surface area contributed by atoms with Crippen molar-refractivity contribution in [2.75, 3.05) is 24.5 Å². The minimum absolute atomic E-state index is 0.0224. The molecule has 1 saturated carbocycles. The number of ether oxygens (including phenoxy) is 1. The molecule has 0 radical (unpaired) electrons. The number of nitrogens with one attached hydrogen (secondary N) is 1. The maximum Gasteiger partial charge on any atom is 0.262 e. The SMILES string of the molecule is CCCNC(=O)[C@H]1CN(C(=O)CCN2C(=O)[C@H]3CCCC[C@@H]3C2=O)c2ccccc2O1. The van der Waals surface area contributed by atoms with E-state index in [4.69, 9.17) is 4.74 Å². The topological polar surface area (TPSA) is 96.0 Å². The predicted octanol–water partition coefficient (Wildman–Crippen LogP) is 1.87. The van der Waals surface area contributed by atoms with Crippen LogP contribution in [-0.2, 0) is 19.2 Å². The number of likely N-dealkylation sites (tertiary alicyclic amines) is 1. The maximum atomic E-state index is 13.1. The molecule has 8 nitrogen and oxygen atoms in total. The minimum Gasteiger partial charge on any atom is -0.477 e. The van der Waals surface area contributed by atoms with Crippen LogP contribution < -0.4 is 15.0 Å². The quantitative estimate of drug-likeness (QED) is 0.700. The van der Waals surface area contributed by atoms with Crippen molar-refractivity contribution < 1.29 is 23.9 Å². The number of benzene rings is 1. The molecule has 166 valence electrons. The van der Waals surface area contributed by atoms with Gasteiger partial charge in [-0.3, -0.25) is 24.1 Å². The molecule has 31 heavy (non-hydrogen) atoms. The molecule has 2 fully saturated rings. The zero-order valence-electron chi connectivity index (χ0n) is 17.8. The van der Waals surface area contributed by atoms with Gasteiger partial charge in [0.05, 0.1) is 24.1 Å². The third-order valence-electron chi connectivity index (χ3n) is 6.40. The van der Waals surface area contributed by atoms with Gasteiger partial charge in [-0.05, 0) is 31.4 Å². The Bertz CT molecular complexity index is 862. The van der Waals surface area contributed by atoms with Gasteiger partial charge in [0.1, 0.15) is 5.75 Å². The molecule has 2 heterocycles. The highest BCUT2D eigenvalue weighted by atomic mass is 16.5. The monoisotopic (exact) mass is 427 g/mol. The van der Waals surface area contributed by atoms with Gasteiger partial charge in [-0.25, -0.2) is 0 Å². The van der Waals surface area contributed by atoms with Gasteiger partial charge < -0.3 is 15.0 Å². The minimum atomic E-state index is -0.802. The Morgan fingerprint density at radius 2 is 1.77 bits per heavy atom. The molecule has 4 amide bonds. The van der Waals surface area contributed by atoms with Crippen LogP contribution in [0.4, 0.5) is 5.69 Å². The van der Waals surface area contributed by atoms with Crippen molar-refractivity contribution in [1.82, 2.24) is 10.2 Å². The molecule has 1 aromatic rings. The molecule has 1 aliphatic carbocycles. The molecule has 3 atom stereocenters. The van der Waals surface area contributed by atoms with E-state index in [-0.39, 0.29) is 55.0 Å². The van der Waals surface area contributed by atoms with Crippen molar-refractivity contribution in [3.05, 3.63) is 24.3 Å². The lowest BCUT2D eigenvalue weighted by atomic mass is 9.81. The first-order valence-corrected chi connectivity index (χ1v) is 11.2. The molecule has 2 aliphatic heterocycles. The average Bonchev–Trinajstić information content (AvgIpc) is 3.04. The lowest BCUT2D eigenvalue weighted by molar-refractivity contribution is -0.140. The molecule has 3 aliphatic rings. The van der Waals surface area contributed by atoms with E-state index in [1.54, 1.807) is 24.3 Å². The van der Waals surface area contributed by atoms with Gasteiger partial charge >= 0.3 is 0 Å². The first-order valence-electron chi connectivity index (χ1n) is 11.2. The van der Waals surface area contributed by atoms with Crippen LogP contribution in [0, 0.1) is 11.8 Å². The number of imide groups is 1. The fourth-order valence-electron chi connectivity index (χ4n) is 4.76. The Labute approximate surface area is 181 Å². The maximum absolute atomic E-state index is 13.1. The molecule has 0 unspecified atom stereocenters. The summed E-state index contributed by atoms with van der Waals surface area (Å²) in [7, 11) is 0. The van der Waals surface area contributed by atoms with Crippen LogP contribution in [0.1, 0.15) is 45.4 Å². The highest BCUT2D eigenvalue weighted by molar-refractivity contribution is 6.06. The van der Waals surface area contributed by atoms with Gasteiger partial charge in [-0.1, -0.05) is 31.9 Å². The van der Waals surface area contributed by atoms with Crippen molar-refractivity contribution >= 4 is 29.3 Å². The van der Waals surface area contributed by atoms with Crippen LogP contribution in [0.3, 0.4) is 0 Å². The second kappa shape index (κ2) is 9.08. The smallest absolute Gasteiger partial charge is 0.262 e. The summed E-state index contributed by atoms with van der Waals surface area (Å²) in [6.45, 7) is 2.67. The predicted molar refractivity (Wildman–Crippen MR) is 113 cm³/mol. The van der Waals surface area contributed by atoms with Crippen molar-refractivity contribution in [1.29, 1.82) is 0 Å². The number of carbonyl (C=O) groups is 4. The Balaban J connectivity index is 1.45. The van der Waals surface area contributed by atoms with Crippen LogP contribution in [0.25, 0.3) is 0 Å². The molecule has 0 spiro atoms. The molecule has 1 aromatic carbocycles. The number of carbonyl (C=O) groups excluding carboxylic acids is 4. The van der Waals surface area contributed by atoms with Crippen LogP contribution in [0.15, 0.2) is 24.3 Å². The summed E-state index contributed by atoms with van der Waals surface area (Å²) in [5.74, 6) is -0.733. The van der Waals surface area contributed by atoms with E-state index >= 15 is 0 Å². The van der Waals surface area contributed by atoms with Gasteiger partial charge in [0, 0.05) is 19.5 Å². The van der Waals surface area contributed by atoms with Crippen LogP contribution in [0.5, 0.6) is 5.75 Å². The molecule has 0 bridgehead atoms. The van der Waals surface area contributed by atoms with Crippen LogP contribution >= 0.6 is 0 Å². The van der Waals surface area contributed by atoms with E-state index < -0.39 is 6.10 Å². The Kier molecular flexibility index (Phi) is 6.25.